The Kier molecular flexibility index (Phi) is 4.37. The highest BCUT2D eigenvalue weighted by molar-refractivity contribution is 9.10. The van der Waals surface area contributed by atoms with Crippen molar-refractivity contribution in [3.8, 4) is 0 Å². The number of hydrogen-bond donors (Lipinski definition) is 1. The van der Waals surface area contributed by atoms with E-state index in [1.807, 2.05) is 29.2 Å². The van der Waals surface area contributed by atoms with Gasteiger partial charge in [0.2, 0.25) is 5.91 Å². The van der Waals surface area contributed by atoms with Gasteiger partial charge < -0.3 is 10.6 Å². The Labute approximate surface area is 116 Å². The number of piperazine rings is 1. The van der Waals surface area contributed by atoms with Crippen molar-refractivity contribution in [2.45, 2.75) is 13.0 Å². The molecule has 1 aromatic carbocycles. The third kappa shape index (κ3) is 2.91. The Hall–Kier alpha value is -0.910. The zero-order valence-corrected chi connectivity index (χ0v) is 12.1. The molecule has 1 saturated heterocycles. The first-order valence-electron chi connectivity index (χ1n) is 6.12. The number of nitrogens with zero attached hydrogens (tertiary/aromatic N) is 2. The van der Waals surface area contributed by atoms with E-state index in [-0.39, 0.29) is 11.9 Å². The van der Waals surface area contributed by atoms with E-state index in [2.05, 4.69) is 27.8 Å². The van der Waals surface area contributed by atoms with Gasteiger partial charge in [0.15, 0.2) is 0 Å². The van der Waals surface area contributed by atoms with Crippen LogP contribution in [0, 0.1) is 0 Å². The summed E-state index contributed by atoms with van der Waals surface area (Å²) >= 11 is 3.43. The molecule has 0 radical (unpaired) electrons. The van der Waals surface area contributed by atoms with Crippen LogP contribution in [0.2, 0.25) is 0 Å². The molecular weight excluding hydrogens is 294 g/mol. The molecule has 1 aromatic rings. The van der Waals surface area contributed by atoms with Crippen LogP contribution in [-0.4, -0.2) is 43.0 Å². The van der Waals surface area contributed by atoms with E-state index in [1.165, 1.54) is 0 Å². The van der Waals surface area contributed by atoms with Gasteiger partial charge in [0.05, 0.1) is 6.54 Å². The number of halogens is 1. The number of amides is 1. The minimum Gasteiger partial charge on any atom is -0.329 e. The Bertz CT molecular complexity index is 438. The number of hydrogen-bond acceptors (Lipinski definition) is 3. The number of nitrogens with two attached hydrogens (primary N) is 1. The molecule has 1 fully saturated rings. The third-order valence-corrected chi connectivity index (χ3v) is 3.83. The highest BCUT2D eigenvalue weighted by Gasteiger charge is 2.27. The molecule has 0 aromatic heterocycles. The van der Waals surface area contributed by atoms with Crippen LogP contribution in [0.25, 0.3) is 0 Å². The number of rotatable bonds is 3. The topological polar surface area (TPSA) is 49.6 Å². The lowest BCUT2D eigenvalue weighted by atomic mass is 10.2. The maximum atomic E-state index is 12.2. The second-order valence-corrected chi connectivity index (χ2v) is 5.50. The molecular formula is C13H18BrN3O. The van der Waals surface area contributed by atoms with Gasteiger partial charge in [0.25, 0.3) is 0 Å². The first kappa shape index (κ1) is 13.5. The Morgan fingerprint density at radius 2 is 2.22 bits per heavy atom. The number of carbonyl (C=O) groups excluding carboxylic acids is 1. The molecule has 1 aliphatic rings. The first-order chi connectivity index (χ1) is 8.61. The van der Waals surface area contributed by atoms with Gasteiger partial charge in [-0.15, -0.1) is 0 Å². The monoisotopic (exact) mass is 311 g/mol. The molecule has 1 atom stereocenters. The van der Waals surface area contributed by atoms with Crippen LogP contribution in [0.3, 0.4) is 0 Å². The summed E-state index contributed by atoms with van der Waals surface area (Å²) < 4.78 is 0.991. The van der Waals surface area contributed by atoms with Crippen molar-refractivity contribution < 1.29 is 4.79 Å². The molecule has 18 heavy (non-hydrogen) atoms. The zero-order valence-electron chi connectivity index (χ0n) is 10.5. The summed E-state index contributed by atoms with van der Waals surface area (Å²) in [7, 11) is 0. The molecule has 98 valence electrons. The summed E-state index contributed by atoms with van der Waals surface area (Å²) in [6, 6.07) is 8.10. The molecule has 1 amide bonds. The normalized spacial score (nSPS) is 19.1. The van der Waals surface area contributed by atoms with Crippen molar-refractivity contribution in [1.29, 1.82) is 0 Å². The number of anilines is 1. The molecule has 1 heterocycles. The summed E-state index contributed by atoms with van der Waals surface area (Å²) in [4.78, 5) is 16.1. The lowest BCUT2D eigenvalue weighted by Gasteiger charge is -2.37. The van der Waals surface area contributed by atoms with Crippen LogP contribution in [0.15, 0.2) is 28.7 Å². The summed E-state index contributed by atoms with van der Waals surface area (Å²) in [5.74, 6) is 0.139. The maximum absolute atomic E-state index is 12.2. The fourth-order valence-corrected chi connectivity index (χ4v) is 2.52. The molecule has 1 aliphatic heterocycles. The largest absolute Gasteiger partial charge is 0.329 e. The van der Waals surface area contributed by atoms with Crippen LogP contribution in [0.4, 0.5) is 5.69 Å². The van der Waals surface area contributed by atoms with Crippen molar-refractivity contribution >= 4 is 27.5 Å². The Morgan fingerprint density at radius 3 is 2.83 bits per heavy atom. The molecule has 5 heteroatoms. The summed E-state index contributed by atoms with van der Waals surface area (Å²) in [5.41, 5.74) is 6.59. The Morgan fingerprint density at radius 1 is 1.44 bits per heavy atom. The van der Waals surface area contributed by atoms with E-state index < -0.39 is 0 Å². The van der Waals surface area contributed by atoms with Gasteiger partial charge in [-0.1, -0.05) is 22.0 Å². The SMILES string of the molecule is CC(CN)N1CCN(c2cccc(Br)c2)C(=O)C1. The first-order valence-corrected chi connectivity index (χ1v) is 6.91. The summed E-state index contributed by atoms with van der Waals surface area (Å²) in [6.45, 7) is 4.69. The highest BCUT2D eigenvalue weighted by Crippen LogP contribution is 2.22. The van der Waals surface area contributed by atoms with Crippen molar-refractivity contribution in [2.24, 2.45) is 5.73 Å². The fraction of sp³-hybridized carbons (Fsp3) is 0.462. The maximum Gasteiger partial charge on any atom is 0.241 e. The van der Waals surface area contributed by atoms with Gasteiger partial charge in [0.1, 0.15) is 0 Å². The predicted octanol–water partition coefficient (Wildman–Crippen LogP) is 1.44. The lowest BCUT2D eigenvalue weighted by molar-refractivity contribution is -0.121. The number of carbonyl (C=O) groups is 1. The second-order valence-electron chi connectivity index (χ2n) is 4.58. The van der Waals surface area contributed by atoms with Crippen LogP contribution in [0.5, 0.6) is 0 Å². The van der Waals surface area contributed by atoms with Gasteiger partial charge in [-0.25, -0.2) is 0 Å². The van der Waals surface area contributed by atoms with Crippen LogP contribution in [0.1, 0.15) is 6.92 Å². The highest BCUT2D eigenvalue weighted by atomic mass is 79.9. The van der Waals surface area contributed by atoms with Gasteiger partial charge in [-0.3, -0.25) is 9.69 Å². The molecule has 4 nitrogen and oxygen atoms in total. The lowest BCUT2D eigenvalue weighted by Crippen LogP contribution is -2.54. The van der Waals surface area contributed by atoms with Crippen molar-refractivity contribution in [2.75, 3.05) is 31.1 Å². The summed E-state index contributed by atoms with van der Waals surface area (Å²) in [6.07, 6.45) is 0. The average molecular weight is 312 g/mol. The van der Waals surface area contributed by atoms with Crippen molar-refractivity contribution in [1.82, 2.24) is 4.90 Å². The molecule has 0 spiro atoms. The van der Waals surface area contributed by atoms with Crippen molar-refractivity contribution in [3.63, 3.8) is 0 Å². The predicted molar refractivity (Wildman–Crippen MR) is 76.6 cm³/mol. The third-order valence-electron chi connectivity index (χ3n) is 3.33. The van der Waals surface area contributed by atoms with E-state index in [4.69, 9.17) is 5.73 Å². The van der Waals surface area contributed by atoms with E-state index >= 15 is 0 Å². The summed E-state index contributed by atoms with van der Waals surface area (Å²) in [5, 5.41) is 0. The molecule has 0 bridgehead atoms. The minimum atomic E-state index is 0.139. The quantitative estimate of drug-likeness (QED) is 0.919. The molecule has 0 saturated carbocycles. The van der Waals surface area contributed by atoms with Crippen LogP contribution >= 0.6 is 15.9 Å². The van der Waals surface area contributed by atoms with Gasteiger partial charge in [0, 0.05) is 35.8 Å². The Balaban J connectivity index is 2.08. The molecule has 1 unspecified atom stereocenters. The van der Waals surface area contributed by atoms with Gasteiger partial charge in [-0.2, -0.15) is 0 Å². The van der Waals surface area contributed by atoms with Crippen LogP contribution in [-0.2, 0) is 4.79 Å². The molecule has 2 N–H and O–H groups in total. The zero-order chi connectivity index (χ0) is 13.1. The van der Waals surface area contributed by atoms with Gasteiger partial charge in [-0.05, 0) is 25.1 Å². The fourth-order valence-electron chi connectivity index (χ4n) is 2.13. The van der Waals surface area contributed by atoms with E-state index in [9.17, 15) is 4.79 Å². The van der Waals surface area contributed by atoms with Gasteiger partial charge >= 0.3 is 0 Å². The average Bonchev–Trinajstić information content (AvgIpc) is 2.37. The van der Waals surface area contributed by atoms with E-state index in [1.54, 1.807) is 0 Å². The number of benzene rings is 1. The molecule has 0 aliphatic carbocycles. The van der Waals surface area contributed by atoms with E-state index in [0.29, 0.717) is 13.1 Å². The molecule has 2 rings (SSSR count). The van der Waals surface area contributed by atoms with E-state index in [0.717, 1.165) is 23.2 Å². The van der Waals surface area contributed by atoms with Crippen molar-refractivity contribution in [3.05, 3.63) is 28.7 Å². The minimum absolute atomic E-state index is 0.139. The van der Waals surface area contributed by atoms with Crippen LogP contribution < -0.4 is 10.6 Å². The second kappa shape index (κ2) is 5.82. The standard InChI is InChI=1S/C13H18BrN3O/c1-10(8-15)16-5-6-17(13(18)9-16)12-4-2-3-11(14)7-12/h2-4,7,10H,5-6,8-9,15H2,1H3. The smallest absolute Gasteiger partial charge is 0.241 e.